The molecular formula is C26H25N5O2S. The largest absolute Gasteiger partial charge is 0.497 e. The summed E-state index contributed by atoms with van der Waals surface area (Å²) in [5.74, 6) is 1.66. The van der Waals surface area contributed by atoms with Crippen molar-refractivity contribution in [2.24, 2.45) is 0 Å². The number of aryl methyl sites for hydroxylation is 1. The van der Waals surface area contributed by atoms with Crippen LogP contribution in [0.2, 0.25) is 0 Å². The molecule has 0 atom stereocenters. The molecule has 7 nitrogen and oxygen atoms in total. The van der Waals surface area contributed by atoms with Crippen molar-refractivity contribution in [1.29, 1.82) is 0 Å². The molecule has 1 saturated heterocycles. The molecule has 172 valence electrons. The van der Waals surface area contributed by atoms with Gasteiger partial charge in [-0.15, -0.1) is 21.5 Å². The van der Waals surface area contributed by atoms with E-state index in [9.17, 15) is 4.79 Å². The maximum atomic E-state index is 13.2. The van der Waals surface area contributed by atoms with E-state index in [1.165, 1.54) is 11.3 Å². The van der Waals surface area contributed by atoms with E-state index in [2.05, 4.69) is 20.1 Å². The number of hydrogen-bond acceptors (Lipinski definition) is 7. The third kappa shape index (κ3) is 4.49. The van der Waals surface area contributed by atoms with Gasteiger partial charge in [-0.05, 0) is 31.2 Å². The lowest BCUT2D eigenvalue weighted by Crippen LogP contribution is -2.49. The molecule has 3 heterocycles. The number of amides is 1. The van der Waals surface area contributed by atoms with Gasteiger partial charge < -0.3 is 14.5 Å². The van der Waals surface area contributed by atoms with Gasteiger partial charge in [-0.3, -0.25) is 4.79 Å². The Morgan fingerprint density at radius 2 is 1.68 bits per heavy atom. The second-order valence-electron chi connectivity index (χ2n) is 8.09. The fourth-order valence-corrected chi connectivity index (χ4v) is 5.05. The monoisotopic (exact) mass is 471 g/mol. The van der Waals surface area contributed by atoms with Crippen LogP contribution in [0.3, 0.4) is 0 Å². The number of ether oxygens (including phenoxy) is 1. The summed E-state index contributed by atoms with van der Waals surface area (Å²) < 4.78 is 5.30. The number of thiazole rings is 1. The number of nitrogens with zero attached hydrogens (tertiary/aromatic N) is 5. The van der Waals surface area contributed by atoms with Crippen LogP contribution in [0, 0.1) is 6.92 Å². The lowest BCUT2D eigenvalue weighted by atomic mass is 10.1. The van der Waals surface area contributed by atoms with Crippen LogP contribution in [0.5, 0.6) is 5.75 Å². The van der Waals surface area contributed by atoms with Crippen molar-refractivity contribution < 1.29 is 9.53 Å². The number of carbonyl (C=O) groups excluding carboxylic acids is 1. The number of methoxy groups -OCH3 is 1. The Balaban J connectivity index is 1.23. The molecule has 1 aliphatic rings. The van der Waals surface area contributed by atoms with Crippen molar-refractivity contribution in [3.05, 3.63) is 77.3 Å². The number of rotatable bonds is 5. The first-order valence-electron chi connectivity index (χ1n) is 11.2. The van der Waals surface area contributed by atoms with Crippen LogP contribution >= 0.6 is 11.3 Å². The minimum atomic E-state index is 0.0521. The molecule has 5 rings (SSSR count). The molecule has 1 fully saturated rings. The molecule has 1 aliphatic heterocycles. The predicted molar refractivity (Wildman–Crippen MR) is 134 cm³/mol. The molecule has 0 bridgehead atoms. The summed E-state index contributed by atoms with van der Waals surface area (Å²) in [7, 11) is 1.65. The third-order valence-corrected chi connectivity index (χ3v) is 7.11. The average molecular weight is 472 g/mol. The number of hydrogen-bond donors (Lipinski definition) is 0. The molecule has 34 heavy (non-hydrogen) atoms. The summed E-state index contributed by atoms with van der Waals surface area (Å²) in [6, 6.07) is 21.7. The molecule has 4 aromatic rings. The summed E-state index contributed by atoms with van der Waals surface area (Å²) in [4.78, 5) is 22.6. The van der Waals surface area contributed by atoms with Crippen LogP contribution in [-0.2, 0) is 0 Å². The van der Waals surface area contributed by atoms with Crippen LogP contribution in [0.4, 0.5) is 5.82 Å². The Morgan fingerprint density at radius 1 is 0.912 bits per heavy atom. The highest BCUT2D eigenvalue weighted by Crippen LogP contribution is 2.29. The van der Waals surface area contributed by atoms with E-state index >= 15 is 0 Å². The Hall–Kier alpha value is -3.78. The highest BCUT2D eigenvalue weighted by molar-refractivity contribution is 7.17. The van der Waals surface area contributed by atoms with Gasteiger partial charge in [0.2, 0.25) is 0 Å². The van der Waals surface area contributed by atoms with E-state index in [1.54, 1.807) is 7.11 Å². The van der Waals surface area contributed by atoms with Crippen molar-refractivity contribution in [1.82, 2.24) is 20.1 Å². The fourth-order valence-electron chi connectivity index (χ4n) is 4.01. The zero-order valence-corrected chi connectivity index (χ0v) is 20.0. The second-order valence-corrected chi connectivity index (χ2v) is 9.09. The molecule has 2 aromatic heterocycles. The molecule has 0 unspecified atom stereocenters. The number of carbonyl (C=O) groups is 1. The number of benzene rings is 2. The molecule has 1 amide bonds. The zero-order chi connectivity index (χ0) is 23.5. The Labute approximate surface area is 202 Å². The molecule has 0 radical (unpaired) electrons. The SMILES string of the molecule is COc1cccc(-c2ccc(N3CCN(C(=O)c4sc(-c5ccccc5)nc4C)CC3)nn2)c1. The third-order valence-electron chi connectivity index (χ3n) is 5.92. The standard InChI is InChI=1S/C26H25N5O2S/c1-18-24(34-25(27-18)19-7-4-3-5-8-19)26(32)31-15-13-30(14-16-31)23-12-11-22(28-29-23)20-9-6-10-21(17-20)33-2/h3-12,17H,13-16H2,1-2H3. The topological polar surface area (TPSA) is 71.5 Å². The predicted octanol–water partition coefficient (Wildman–Crippen LogP) is 4.55. The fraction of sp³-hybridized carbons (Fsp3) is 0.231. The molecule has 2 aromatic carbocycles. The van der Waals surface area contributed by atoms with Gasteiger partial charge in [-0.1, -0.05) is 42.5 Å². The minimum Gasteiger partial charge on any atom is -0.497 e. The summed E-state index contributed by atoms with van der Waals surface area (Å²) in [6.45, 7) is 4.60. The molecule has 8 heteroatoms. The lowest BCUT2D eigenvalue weighted by Gasteiger charge is -2.35. The first-order valence-corrected chi connectivity index (χ1v) is 12.0. The molecule has 0 N–H and O–H groups in total. The first-order chi connectivity index (χ1) is 16.6. The van der Waals surface area contributed by atoms with Gasteiger partial charge in [0, 0.05) is 37.3 Å². The van der Waals surface area contributed by atoms with E-state index in [-0.39, 0.29) is 5.91 Å². The highest BCUT2D eigenvalue weighted by Gasteiger charge is 2.26. The van der Waals surface area contributed by atoms with Crippen LogP contribution < -0.4 is 9.64 Å². The van der Waals surface area contributed by atoms with Crippen molar-refractivity contribution in [3.8, 4) is 27.6 Å². The summed E-state index contributed by atoms with van der Waals surface area (Å²) in [5.41, 5.74) is 3.58. The van der Waals surface area contributed by atoms with E-state index < -0.39 is 0 Å². The summed E-state index contributed by atoms with van der Waals surface area (Å²) in [6.07, 6.45) is 0. The Kier molecular flexibility index (Phi) is 6.22. The maximum Gasteiger partial charge on any atom is 0.265 e. The van der Waals surface area contributed by atoms with Gasteiger partial charge in [0.1, 0.15) is 15.6 Å². The number of aromatic nitrogens is 3. The van der Waals surface area contributed by atoms with E-state index in [0.29, 0.717) is 26.2 Å². The Morgan fingerprint density at radius 3 is 2.38 bits per heavy atom. The van der Waals surface area contributed by atoms with Gasteiger partial charge in [-0.25, -0.2) is 4.98 Å². The smallest absolute Gasteiger partial charge is 0.265 e. The second kappa shape index (κ2) is 9.61. The summed E-state index contributed by atoms with van der Waals surface area (Å²) in [5, 5.41) is 9.73. The van der Waals surface area contributed by atoms with Gasteiger partial charge in [0.25, 0.3) is 5.91 Å². The van der Waals surface area contributed by atoms with Crippen LogP contribution in [0.15, 0.2) is 66.7 Å². The van der Waals surface area contributed by atoms with Crippen molar-refractivity contribution in [3.63, 3.8) is 0 Å². The van der Waals surface area contributed by atoms with Gasteiger partial charge >= 0.3 is 0 Å². The average Bonchev–Trinajstić information content (AvgIpc) is 3.30. The van der Waals surface area contributed by atoms with Gasteiger partial charge in [0.05, 0.1) is 18.5 Å². The van der Waals surface area contributed by atoms with Crippen LogP contribution in [0.25, 0.3) is 21.8 Å². The summed E-state index contributed by atoms with van der Waals surface area (Å²) >= 11 is 1.47. The minimum absolute atomic E-state index is 0.0521. The molecule has 0 saturated carbocycles. The van der Waals surface area contributed by atoms with E-state index in [4.69, 9.17) is 4.74 Å². The van der Waals surface area contributed by atoms with Crippen molar-refractivity contribution in [2.75, 3.05) is 38.2 Å². The highest BCUT2D eigenvalue weighted by atomic mass is 32.1. The molecule has 0 spiro atoms. The van der Waals surface area contributed by atoms with E-state index in [1.807, 2.05) is 78.6 Å². The number of piperazine rings is 1. The normalized spacial score (nSPS) is 13.7. The Bertz CT molecular complexity index is 1280. The molecule has 0 aliphatic carbocycles. The van der Waals surface area contributed by atoms with Gasteiger partial charge in [0.15, 0.2) is 5.82 Å². The quantitative estimate of drug-likeness (QED) is 0.425. The van der Waals surface area contributed by atoms with Crippen molar-refractivity contribution >= 4 is 23.1 Å². The van der Waals surface area contributed by atoms with Gasteiger partial charge in [-0.2, -0.15) is 0 Å². The van der Waals surface area contributed by atoms with E-state index in [0.717, 1.165) is 44.0 Å². The number of anilines is 1. The lowest BCUT2D eigenvalue weighted by molar-refractivity contribution is 0.0750. The zero-order valence-electron chi connectivity index (χ0n) is 19.1. The first kappa shape index (κ1) is 22.0. The van der Waals surface area contributed by atoms with Crippen LogP contribution in [-0.4, -0.2) is 59.3 Å². The molecular weight excluding hydrogens is 446 g/mol. The van der Waals surface area contributed by atoms with Crippen LogP contribution in [0.1, 0.15) is 15.4 Å². The van der Waals surface area contributed by atoms with Crippen molar-refractivity contribution in [2.45, 2.75) is 6.92 Å². The maximum absolute atomic E-state index is 13.2.